The van der Waals surface area contributed by atoms with Gasteiger partial charge < -0.3 is 10.5 Å². The highest BCUT2D eigenvalue weighted by molar-refractivity contribution is 5.95. The van der Waals surface area contributed by atoms with Crippen LogP contribution in [0.3, 0.4) is 0 Å². The van der Waals surface area contributed by atoms with Gasteiger partial charge in [-0.05, 0) is 16.7 Å². The molecule has 7 nitrogen and oxygen atoms in total. The van der Waals surface area contributed by atoms with Crippen molar-refractivity contribution in [2.75, 3.05) is 7.11 Å². The third-order valence-corrected chi connectivity index (χ3v) is 4.67. The summed E-state index contributed by atoms with van der Waals surface area (Å²) in [6.07, 6.45) is 1.90. The van der Waals surface area contributed by atoms with Crippen LogP contribution in [0.5, 0.6) is 0 Å². The largest absolute Gasteiger partial charge is 0.469 e. The Bertz CT molecular complexity index is 1060. The maximum atomic E-state index is 12.4. The number of ether oxygens (including phenoxy) is 1. The number of rotatable bonds is 6. The smallest absolute Gasteiger partial charge is 0.328 e. The van der Waals surface area contributed by atoms with Crippen molar-refractivity contribution in [3.8, 4) is 22.4 Å². The summed E-state index contributed by atoms with van der Waals surface area (Å²) in [5.74, 6) is -0.308. The fourth-order valence-electron chi connectivity index (χ4n) is 3.00. The van der Waals surface area contributed by atoms with E-state index in [4.69, 9.17) is 11.1 Å². The molecule has 0 atom stereocenters. The second-order valence-electron chi connectivity index (χ2n) is 6.44. The molecule has 0 aliphatic rings. The van der Waals surface area contributed by atoms with Crippen molar-refractivity contribution in [3.63, 3.8) is 0 Å². The number of hydrogen-bond donors (Lipinski definition) is 2. The molecule has 0 aliphatic heterocycles. The molecule has 0 amide bonds. The van der Waals surface area contributed by atoms with Crippen LogP contribution in [0.1, 0.15) is 12.0 Å². The van der Waals surface area contributed by atoms with Crippen molar-refractivity contribution in [2.24, 2.45) is 12.8 Å². The molecule has 0 saturated heterocycles. The van der Waals surface area contributed by atoms with E-state index in [1.54, 1.807) is 17.8 Å². The summed E-state index contributed by atoms with van der Waals surface area (Å²) in [5, 5.41) is 7.46. The number of amidine groups is 1. The molecule has 0 bridgehead atoms. The Hall–Kier alpha value is -3.61. The van der Waals surface area contributed by atoms with E-state index >= 15 is 0 Å². The molecule has 3 N–H and O–H groups in total. The number of aryl methyl sites for hydroxylation is 1. The first-order valence-electron chi connectivity index (χ1n) is 8.79. The van der Waals surface area contributed by atoms with Crippen molar-refractivity contribution in [1.82, 2.24) is 9.13 Å². The second-order valence-corrected chi connectivity index (χ2v) is 6.44. The molecule has 0 saturated carbocycles. The van der Waals surface area contributed by atoms with Gasteiger partial charge in [0.2, 0.25) is 0 Å². The van der Waals surface area contributed by atoms with E-state index in [2.05, 4.69) is 4.74 Å². The molecule has 0 spiro atoms. The molecular formula is C21H22N4O3. The van der Waals surface area contributed by atoms with Gasteiger partial charge in [-0.25, -0.2) is 4.79 Å². The van der Waals surface area contributed by atoms with Crippen LogP contribution < -0.4 is 11.4 Å². The summed E-state index contributed by atoms with van der Waals surface area (Å²) in [4.78, 5) is 23.7. The topological polar surface area (TPSA) is 103 Å². The normalized spacial score (nSPS) is 10.6. The molecule has 0 unspecified atom stereocenters. The number of methoxy groups -OCH3 is 1. The zero-order valence-corrected chi connectivity index (χ0v) is 15.8. The Morgan fingerprint density at radius 2 is 1.57 bits per heavy atom. The zero-order chi connectivity index (χ0) is 20.3. The van der Waals surface area contributed by atoms with E-state index in [0.717, 1.165) is 22.4 Å². The number of nitrogens with zero attached hydrogens (tertiary/aromatic N) is 2. The molecule has 144 valence electrons. The molecule has 28 heavy (non-hydrogen) atoms. The first kappa shape index (κ1) is 19.2. The van der Waals surface area contributed by atoms with Gasteiger partial charge in [0.05, 0.1) is 19.2 Å². The van der Waals surface area contributed by atoms with Gasteiger partial charge in [0.1, 0.15) is 5.84 Å². The van der Waals surface area contributed by atoms with E-state index < -0.39 is 0 Å². The van der Waals surface area contributed by atoms with Gasteiger partial charge in [0, 0.05) is 25.4 Å². The Balaban J connectivity index is 1.84. The first-order valence-corrected chi connectivity index (χ1v) is 8.79. The number of imidazole rings is 1. The number of hydrogen-bond acceptors (Lipinski definition) is 4. The molecule has 1 aromatic heterocycles. The number of carbonyl (C=O) groups excluding carboxylic acids is 1. The lowest BCUT2D eigenvalue weighted by Gasteiger charge is -2.06. The summed E-state index contributed by atoms with van der Waals surface area (Å²) in [6.45, 7) is 0.278. The monoisotopic (exact) mass is 378 g/mol. The van der Waals surface area contributed by atoms with Crippen LogP contribution >= 0.6 is 0 Å². The highest BCUT2D eigenvalue weighted by Gasteiger charge is 2.12. The minimum Gasteiger partial charge on any atom is -0.469 e. The summed E-state index contributed by atoms with van der Waals surface area (Å²) in [5.41, 5.74) is 9.71. The minimum atomic E-state index is -0.350. The van der Waals surface area contributed by atoms with Gasteiger partial charge >= 0.3 is 11.7 Å². The molecule has 0 aliphatic carbocycles. The molecule has 2 aromatic carbocycles. The van der Waals surface area contributed by atoms with Crippen LogP contribution in [0, 0.1) is 5.41 Å². The van der Waals surface area contributed by atoms with Crippen molar-refractivity contribution in [2.45, 2.75) is 13.0 Å². The lowest BCUT2D eigenvalue weighted by molar-refractivity contribution is -0.140. The number of benzene rings is 2. The maximum Gasteiger partial charge on any atom is 0.328 e. The maximum absolute atomic E-state index is 12.4. The summed E-state index contributed by atoms with van der Waals surface area (Å²) in [6, 6.07) is 15.3. The minimum absolute atomic E-state index is 0.0412. The zero-order valence-electron chi connectivity index (χ0n) is 15.8. The Labute approximate surface area is 162 Å². The number of nitrogens with two attached hydrogens (primary N) is 1. The quantitative estimate of drug-likeness (QED) is 0.390. The molecule has 0 radical (unpaired) electrons. The average Bonchev–Trinajstić information content (AvgIpc) is 3.00. The molecule has 0 fully saturated rings. The Kier molecular flexibility index (Phi) is 5.44. The predicted octanol–water partition coefficient (Wildman–Crippen LogP) is 2.37. The van der Waals surface area contributed by atoms with Gasteiger partial charge in [0.15, 0.2) is 0 Å². The summed E-state index contributed by atoms with van der Waals surface area (Å²) >= 11 is 0. The van der Waals surface area contributed by atoms with Crippen LogP contribution in [0.15, 0.2) is 59.5 Å². The van der Waals surface area contributed by atoms with Crippen molar-refractivity contribution >= 4 is 11.8 Å². The predicted molar refractivity (Wildman–Crippen MR) is 108 cm³/mol. The van der Waals surface area contributed by atoms with Crippen molar-refractivity contribution < 1.29 is 9.53 Å². The Morgan fingerprint density at radius 3 is 2.11 bits per heavy atom. The van der Waals surface area contributed by atoms with Crippen LogP contribution in [0.4, 0.5) is 0 Å². The van der Waals surface area contributed by atoms with Crippen LogP contribution in [0.2, 0.25) is 0 Å². The number of nitrogens with one attached hydrogen (secondary N) is 1. The molecule has 3 aromatic rings. The van der Waals surface area contributed by atoms with Gasteiger partial charge in [-0.1, -0.05) is 48.5 Å². The average molecular weight is 378 g/mol. The van der Waals surface area contributed by atoms with Gasteiger partial charge in [-0.2, -0.15) is 0 Å². The van der Waals surface area contributed by atoms with E-state index in [9.17, 15) is 9.59 Å². The van der Waals surface area contributed by atoms with E-state index in [1.165, 1.54) is 11.7 Å². The third-order valence-electron chi connectivity index (χ3n) is 4.67. The lowest BCUT2D eigenvalue weighted by Crippen LogP contribution is -2.23. The standard InChI is InChI=1S/C21H22N4O3/c1-24-18(13-25(21(24)27)12-11-19(26)28-2)16-7-3-14(4-8-16)15-5-9-17(10-6-15)20(22)23/h3-10,13H,11-12H2,1-2H3,(H3,22,23). The fraction of sp³-hybridized carbons (Fsp3) is 0.190. The van der Waals surface area contributed by atoms with Crippen molar-refractivity contribution in [1.29, 1.82) is 5.41 Å². The fourth-order valence-corrected chi connectivity index (χ4v) is 3.00. The van der Waals surface area contributed by atoms with E-state index in [1.807, 2.05) is 48.5 Å². The van der Waals surface area contributed by atoms with Crippen LogP contribution in [0.25, 0.3) is 22.4 Å². The molecular weight excluding hydrogens is 356 g/mol. The van der Waals surface area contributed by atoms with Gasteiger partial charge in [-0.15, -0.1) is 0 Å². The van der Waals surface area contributed by atoms with E-state index in [-0.39, 0.29) is 30.5 Å². The number of aromatic nitrogens is 2. The highest BCUT2D eigenvalue weighted by Crippen LogP contribution is 2.24. The second kappa shape index (κ2) is 7.96. The summed E-state index contributed by atoms with van der Waals surface area (Å²) < 4.78 is 7.71. The third kappa shape index (κ3) is 3.88. The number of nitrogen functional groups attached to an aromatic ring is 1. The SMILES string of the molecule is COC(=O)CCn1cc(-c2ccc(-c3ccc(C(=N)N)cc3)cc2)n(C)c1=O. The number of carbonyl (C=O) groups is 1. The molecule has 1 heterocycles. The van der Waals surface area contributed by atoms with Gasteiger partial charge in [-0.3, -0.25) is 19.3 Å². The van der Waals surface area contributed by atoms with Crippen LogP contribution in [-0.2, 0) is 23.1 Å². The highest BCUT2D eigenvalue weighted by atomic mass is 16.5. The summed E-state index contributed by atoms with van der Waals surface area (Å²) in [7, 11) is 3.04. The van der Waals surface area contributed by atoms with Gasteiger partial charge in [0.25, 0.3) is 0 Å². The lowest BCUT2D eigenvalue weighted by atomic mass is 10.0. The first-order chi connectivity index (χ1) is 13.4. The molecule has 3 rings (SSSR count). The number of esters is 1. The van der Waals surface area contributed by atoms with Crippen LogP contribution in [-0.4, -0.2) is 28.0 Å². The molecule has 7 heteroatoms. The van der Waals surface area contributed by atoms with E-state index in [0.29, 0.717) is 5.56 Å². The Morgan fingerprint density at radius 1 is 1.04 bits per heavy atom. The van der Waals surface area contributed by atoms with Crippen molar-refractivity contribution in [3.05, 3.63) is 70.8 Å².